The van der Waals surface area contributed by atoms with Crippen molar-refractivity contribution in [1.82, 2.24) is 0 Å². The van der Waals surface area contributed by atoms with Crippen molar-refractivity contribution >= 4 is 17.6 Å². The number of esters is 1. The first-order chi connectivity index (χ1) is 16.1. The Labute approximate surface area is 196 Å². The van der Waals surface area contributed by atoms with Gasteiger partial charge in [-0.25, -0.2) is 0 Å². The summed E-state index contributed by atoms with van der Waals surface area (Å²) < 4.78 is 16.4. The highest BCUT2D eigenvalue weighted by molar-refractivity contribution is 5.92. The molecular formula is C27H35NO5. The van der Waals surface area contributed by atoms with Gasteiger partial charge in [-0.15, -0.1) is 0 Å². The minimum atomic E-state index is -0.225. The Balaban J connectivity index is 1.39. The van der Waals surface area contributed by atoms with Gasteiger partial charge in [-0.1, -0.05) is 26.2 Å². The third-order valence-electron chi connectivity index (χ3n) is 6.10. The molecule has 0 unspecified atom stereocenters. The Morgan fingerprint density at radius 1 is 0.818 bits per heavy atom. The molecule has 0 radical (unpaired) electrons. The summed E-state index contributed by atoms with van der Waals surface area (Å²) in [6.07, 6.45) is 7.31. The van der Waals surface area contributed by atoms with Gasteiger partial charge in [0.1, 0.15) is 17.2 Å². The summed E-state index contributed by atoms with van der Waals surface area (Å²) in [5.74, 6) is 1.56. The molecule has 1 aliphatic rings. The molecule has 0 bridgehead atoms. The lowest BCUT2D eigenvalue weighted by Gasteiger charge is -2.26. The van der Waals surface area contributed by atoms with Gasteiger partial charge in [0.15, 0.2) is 0 Å². The lowest BCUT2D eigenvalue weighted by molar-refractivity contribution is -0.141. The maximum Gasteiger partial charge on any atom is 0.314 e. The van der Waals surface area contributed by atoms with Crippen LogP contribution < -0.4 is 19.5 Å². The van der Waals surface area contributed by atoms with E-state index in [1.54, 1.807) is 19.2 Å². The largest absolute Gasteiger partial charge is 0.497 e. The fraction of sp³-hybridized carbons (Fsp3) is 0.481. The van der Waals surface area contributed by atoms with Crippen LogP contribution >= 0.6 is 0 Å². The molecule has 0 aliphatic heterocycles. The molecule has 33 heavy (non-hydrogen) atoms. The van der Waals surface area contributed by atoms with Crippen LogP contribution in [-0.2, 0) is 9.59 Å². The van der Waals surface area contributed by atoms with E-state index in [4.69, 9.17) is 14.2 Å². The van der Waals surface area contributed by atoms with Gasteiger partial charge >= 0.3 is 5.97 Å². The zero-order valence-corrected chi connectivity index (χ0v) is 19.7. The predicted molar refractivity (Wildman–Crippen MR) is 129 cm³/mol. The van der Waals surface area contributed by atoms with E-state index in [2.05, 4.69) is 12.2 Å². The van der Waals surface area contributed by atoms with Crippen molar-refractivity contribution in [3.05, 3.63) is 48.5 Å². The standard InChI is InChI=1S/C27H35NO5/c1-3-4-5-6-19-32-24-15-17-25(18-16-24)33-27(30)21-9-7-20(8-10-21)26(29)28-22-11-13-23(31-2)14-12-22/h11-18,20-21H,3-10,19H2,1-2H3,(H,28,29). The van der Waals surface area contributed by atoms with E-state index in [0.29, 0.717) is 38.0 Å². The van der Waals surface area contributed by atoms with E-state index in [1.165, 1.54) is 19.3 Å². The highest BCUT2D eigenvalue weighted by Gasteiger charge is 2.31. The zero-order chi connectivity index (χ0) is 23.5. The van der Waals surface area contributed by atoms with E-state index in [1.807, 2.05) is 36.4 Å². The number of benzene rings is 2. The Morgan fingerprint density at radius 3 is 2.06 bits per heavy atom. The van der Waals surface area contributed by atoms with Gasteiger partial charge in [0.05, 0.1) is 19.6 Å². The van der Waals surface area contributed by atoms with E-state index >= 15 is 0 Å². The van der Waals surface area contributed by atoms with Crippen LogP contribution in [0.25, 0.3) is 0 Å². The summed E-state index contributed by atoms with van der Waals surface area (Å²) in [6, 6.07) is 14.5. The zero-order valence-electron chi connectivity index (χ0n) is 19.7. The number of unbranched alkanes of at least 4 members (excludes halogenated alkanes) is 3. The van der Waals surface area contributed by atoms with Crippen molar-refractivity contribution in [2.45, 2.75) is 58.3 Å². The van der Waals surface area contributed by atoms with Crippen molar-refractivity contribution in [3.63, 3.8) is 0 Å². The second-order valence-corrected chi connectivity index (χ2v) is 8.57. The molecule has 6 nitrogen and oxygen atoms in total. The number of ether oxygens (including phenoxy) is 3. The Kier molecular flexibility index (Phi) is 9.60. The van der Waals surface area contributed by atoms with Gasteiger partial charge in [0.2, 0.25) is 5.91 Å². The van der Waals surface area contributed by atoms with E-state index in [-0.39, 0.29) is 23.7 Å². The topological polar surface area (TPSA) is 73.9 Å². The highest BCUT2D eigenvalue weighted by Crippen LogP contribution is 2.31. The van der Waals surface area contributed by atoms with Crippen LogP contribution in [0, 0.1) is 11.8 Å². The van der Waals surface area contributed by atoms with Gasteiger partial charge in [-0.05, 0) is 80.6 Å². The Morgan fingerprint density at radius 2 is 1.42 bits per heavy atom. The molecule has 0 aromatic heterocycles. The van der Waals surface area contributed by atoms with Crippen molar-refractivity contribution < 1.29 is 23.8 Å². The number of carbonyl (C=O) groups is 2. The lowest BCUT2D eigenvalue weighted by atomic mass is 9.81. The molecule has 1 saturated carbocycles. The minimum Gasteiger partial charge on any atom is -0.497 e. The molecule has 0 spiro atoms. The van der Waals surface area contributed by atoms with Gasteiger partial charge < -0.3 is 19.5 Å². The first-order valence-electron chi connectivity index (χ1n) is 12.0. The minimum absolute atomic E-state index is 0.00253. The summed E-state index contributed by atoms with van der Waals surface area (Å²) in [4.78, 5) is 25.2. The fourth-order valence-corrected chi connectivity index (χ4v) is 4.03. The van der Waals surface area contributed by atoms with Gasteiger partial charge in [0, 0.05) is 11.6 Å². The molecule has 0 heterocycles. The molecule has 0 saturated heterocycles. The molecule has 1 N–H and O–H groups in total. The molecule has 6 heteroatoms. The Bertz CT molecular complexity index is 870. The highest BCUT2D eigenvalue weighted by atomic mass is 16.5. The number of anilines is 1. The molecule has 178 valence electrons. The van der Waals surface area contributed by atoms with Crippen LogP contribution in [0.2, 0.25) is 0 Å². The SMILES string of the molecule is CCCCCCOc1ccc(OC(=O)C2CCC(C(=O)Nc3ccc(OC)cc3)CC2)cc1. The van der Waals surface area contributed by atoms with E-state index in [9.17, 15) is 9.59 Å². The molecule has 2 aromatic rings. The maximum atomic E-state index is 12.6. The molecule has 2 aromatic carbocycles. The van der Waals surface area contributed by atoms with Crippen LogP contribution in [0.15, 0.2) is 48.5 Å². The second kappa shape index (κ2) is 12.9. The fourth-order valence-electron chi connectivity index (χ4n) is 4.03. The van der Waals surface area contributed by atoms with Gasteiger partial charge in [0.25, 0.3) is 0 Å². The average Bonchev–Trinajstić information content (AvgIpc) is 2.85. The third kappa shape index (κ3) is 7.81. The summed E-state index contributed by atoms with van der Waals surface area (Å²) in [7, 11) is 1.61. The number of nitrogens with one attached hydrogen (secondary N) is 1. The van der Waals surface area contributed by atoms with Crippen LogP contribution in [0.4, 0.5) is 5.69 Å². The van der Waals surface area contributed by atoms with Crippen LogP contribution in [0.1, 0.15) is 58.3 Å². The second-order valence-electron chi connectivity index (χ2n) is 8.57. The van der Waals surface area contributed by atoms with Crippen LogP contribution in [0.5, 0.6) is 17.2 Å². The number of methoxy groups -OCH3 is 1. The monoisotopic (exact) mass is 453 g/mol. The smallest absolute Gasteiger partial charge is 0.314 e. The van der Waals surface area contributed by atoms with Crippen molar-refractivity contribution in [2.24, 2.45) is 11.8 Å². The molecule has 1 fully saturated rings. The van der Waals surface area contributed by atoms with E-state index in [0.717, 1.165) is 23.6 Å². The maximum absolute atomic E-state index is 12.6. The number of carbonyl (C=O) groups excluding carboxylic acids is 2. The van der Waals surface area contributed by atoms with Crippen molar-refractivity contribution in [2.75, 3.05) is 19.0 Å². The Hall–Kier alpha value is -3.02. The summed E-state index contributed by atoms with van der Waals surface area (Å²) in [6.45, 7) is 2.89. The number of hydrogen-bond acceptors (Lipinski definition) is 5. The van der Waals surface area contributed by atoms with Crippen LogP contribution in [-0.4, -0.2) is 25.6 Å². The summed E-state index contributed by atoms with van der Waals surface area (Å²) in [5, 5.41) is 2.95. The van der Waals surface area contributed by atoms with Gasteiger partial charge in [-0.3, -0.25) is 9.59 Å². The lowest BCUT2D eigenvalue weighted by Crippen LogP contribution is -2.31. The molecule has 1 amide bonds. The molecule has 0 atom stereocenters. The average molecular weight is 454 g/mol. The quantitative estimate of drug-likeness (QED) is 0.256. The van der Waals surface area contributed by atoms with E-state index < -0.39 is 0 Å². The summed E-state index contributed by atoms with van der Waals surface area (Å²) >= 11 is 0. The first-order valence-corrected chi connectivity index (χ1v) is 12.0. The molecular weight excluding hydrogens is 418 g/mol. The number of rotatable bonds is 11. The van der Waals surface area contributed by atoms with Crippen molar-refractivity contribution in [1.29, 1.82) is 0 Å². The number of hydrogen-bond donors (Lipinski definition) is 1. The third-order valence-corrected chi connectivity index (χ3v) is 6.10. The number of amides is 1. The predicted octanol–water partition coefficient (Wildman–Crippen LogP) is 6.00. The molecule has 1 aliphatic carbocycles. The van der Waals surface area contributed by atoms with Gasteiger partial charge in [-0.2, -0.15) is 0 Å². The normalized spacial score (nSPS) is 17.8. The van der Waals surface area contributed by atoms with Crippen molar-refractivity contribution in [3.8, 4) is 17.2 Å². The molecule has 3 rings (SSSR count). The summed E-state index contributed by atoms with van der Waals surface area (Å²) in [5.41, 5.74) is 0.746. The first kappa shape index (κ1) is 24.6. The van der Waals surface area contributed by atoms with Crippen LogP contribution in [0.3, 0.4) is 0 Å².